The molecule has 0 bridgehead atoms. The summed E-state index contributed by atoms with van der Waals surface area (Å²) < 4.78 is 0. The normalized spacial score (nSPS) is 18.1. The van der Waals surface area contributed by atoms with Crippen LogP contribution in [0.4, 0.5) is 11.4 Å². The van der Waals surface area contributed by atoms with Crippen molar-refractivity contribution in [2.45, 2.75) is 13.3 Å². The minimum absolute atomic E-state index is 0.164. The van der Waals surface area contributed by atoms with Gasteiger partial charge in [0, 0.05) is 28.2 Å². The zero-order valence-electron chi connectivity index (χ0n) is 19.5. The van der Waals surface area contributed by atoms with Gasteiger partial charge >= 0.3 is 0 Å². The zero-order valence-corrected chi connectivity index (χ0v) is 19.5. The van der Waals surface area contributed by atoms with E-state index in [1.165, 1.54) is 5.01 Å². The van der Waals surface area contributed by atoms with Gasteiger partial charge in [-0.25, -0.2) is 4.90 Å². The van der Waals surface area contributed by atoms with Gasteiger partial charge in [-0.15, -0.1) is 0 Å². The first-order valence-electron chi connectivity index (χ1n) is 11.8. The average Bonchev–Trinajstić information content (AvgIpc) is 3.56. The number of para-hydroxylation sites is 3. The van der Waals surface area contributed by atoms with Crippen molar-refractivity contribution in [2.24, 2.45) is 11.0 Å². The Morgan fingerprint density at radius 1 is 0.806 bits per heavy atom. The number of fused-ring (bicyclic) bond motifs is 1. The third kappa shape index (κ3) is 3.20. The standard InChI is InChI=1S/C29H22N4O3/c1-2-22-25(29(36)33(31-22)19-13-7-4-8-14-19)26-24(21-17-30-23-16-10-9-15-20(21)23)27(34)32(28(26)35)18-11-5-3-6-12-18/h3-17,25,30H,2H2,1H3/t25-/m1/s1. The molecule has 7 heteroatoms. The van der Waals surface area contributed by atoms with Gasteiger partial charge in [-0.05, 0) is 36.8 Å². The number of aromatic amines is 1. The Bertz CT molecular complexity index is 1580. The first-order valence-corrected chi connectivity index (χ1v) is 11.8. The van der Waals surface area contributed by atoms with Crippen LogP contribution in [0.15, 0.2) is 102 Å². The third-order valence-electron chi connectivity index (χ3n) is 6.66. The van der Waals surface area contributed by atoms with E-state index in [9.17, 15) is 14.4 Å². The van der Waals surface area contributed by atoms with Crippen LogP contribution in [0, 0.1) is 5.92 Å². The highest BCUT2D eigenvalue weighted by Gasteiger charge is 2.50. The van der Waals surface area contributed by atoms with Gasteiger partial charge in [-0.1, -0.05) is 61.5 Å². The van der Waals surface area contributed by atoms with Crippen molar-refractivity contribution in [1.29, 1.82) is 0 Å². The maximum absolute atomic E-state index is 14.0. The second-order valence-corrected chi connectivity index (χ2v) is 8.68. The minimum atomic E-state index is -0.955. The second-order valence-electron chi connectivity index (χ2n) is 8.68. The number of rotatable bonds is 5. The summed E-state index contributed by atoms with van der Waals surface area (Å²) in [6.07, 6.45) is 2.19. The maximum Gasteiger partial charge on any atom is 0.266 e. The van der Waals surface area contributed by atoms with E-state index in [4.69, 9.17) is 0 Å². The Kier molecular flexibility index (Phi) is 5.11. The largest absolute Gasteiger partial charge is 0.361 e. The lowest BCUT2D eigenvalue weighted by Crippen LogP contribution is -2.35. The number of imide groups is 1. The molecule has 1 atom stereocenters. The van der Waals surface area contributed by atoms with Crippen LogP contribution in [0.1, 0.15) is 18.9 Å². The van der Waals surface area contributed by atoms with Crippen molar-refractivity contribution in [3.05, 3.63) is 102 Å². The van der Waals surface area contributed by atoms with Crippen LogP contribution < -0.4 is 9.91 Å². The minimum Gasteiger partial charge on any atom is -0.361 e. The van der Waals surface area contributed by atoms with Gasteiger partial charge in [0.05, 0.1) is 22.7 Å². The number of carbonyl (C=O) groups is 3. The molecule has 36 heavy (non-hydrogen) atoms. The van der Waals surface area contributed by atoms with Crippen molar-refractivity contribution in [2.75, 3.05) is 9.91 Å². The number of carbonyl (C=O) groups excluding carboxylic acids is 3. The van der Waals surface area contributed by atoms with Crippen LogP contribution in [-0.2, 0) is 14.4 Å². The molecule has 0 unspecified atom stereocenters. The van der Waals surface area contributed by atoms with E-state index in [-0.39, 0.29) is 17.1 Å². The predicted molar refractivity (Wildman–Crippen MR) is 139 cm³/mol. The number of hydrogen-bond donors (Lipinski definition) is 1. The van der Waals surface area contributed by atoms with Crippen LogP contribution in [-0.4, -0.2) is 28.4 Å². The highest BCUT2D eigenvalue weighted by Crippen LogP contribution is 2.42. The quantitative estimate of drug-likeness (QED) is 0.417. The van der Waals surface area contributed by atoms with Crippen molar-refractivity contribution in [3.63, 3.8) is 0 Å². The highest BCUT2D eigenvalue weighted by molar-refractivity contribution is 6.48. The topological polar surface area (TPSA) is 85.8 Å². The fourth-order valence-electron chi connectivity index (χ4n) is 4.98. The predicted octanol–water partition coefficient (Wildman–Crippen LogP) is 4.92. The molecule has 0 spiro atoms. The summed E-state index contributed by atoms with van der Waals surface area (Å²) in [5, 5.41) is 6.74. The van der Waals surface area contributed by atoms with Crippen LogP contribution in [0.25, 0.3) is 16.5 Å². The number of aromatic nitrogens is 1. The lowest BCUT2D eigenvalue weighted by atomic mass is 9.87. The summed E-state index contributed by atoms with van der Waals surface area (Å²) in [5.74, 6) is -2.25. The summed E-state index contributed by atoms with van der Waals surface area (Å²) >= 11 is 0. The van der Waals surface area contributed by atoms with E-state index >= 15 is 0 Å². The smallest absolute Gasteiger partial charge is 0.266 e. The summed E-state index contributed by atoms with van der Waals surface area (Å²) in [6, 6.07) is 25.5. The molecule has 2 aliphatic rings. The van der Waals surface area contributed by atoms with Crippen molar-refractivity contribution >= 4 is 51.3 Å². The molecule has 0 saturated heterocycles. The lowest BCUT2D eigenvalue weighted by molar-refractivity contribution is -0.123. The molecule has 176 valence electrons. The molecule has 3 amide bonds. The van der Waals surface area contributed by atoms with Crippen LogP contribution in [0.3, 0.4) is 0 Å². The molecule has 3 heterocycles. The van der Waals surface area contributed by atoms with Gasteiger partial charge in [0.2, 0.25) is 0 Å². The number of H-pyrrole nitrogens is 1. The van der Waals surface area contributed by atoms with Crippen LogP contribution in [0.5, 0.6) is 0 Å². The average molecular weight is 475 g/mol. The van der Waals surface area contributed by atoms with E-state index in [2.05, 4.69) is 10.1 Å². The molecule has 1 N–H and O–H groups in total. The molecule has 0 aliphatic carbocycles. The first kappa shape index (κ1) is 21.7. The van der Waals surface area contributed by atoms with Gasteiger partial charge in [-0.3, -0.25) is 14.4 Å². The fraction of sp³-hybridized carbons (Fsp3) is 0.103. The van der Waals surface area contributed by atoms with Crippen LogP contribution in [0.2, 0.25) is 0 Å². The fourth-order valence-corrected chi connectivity index (χ4v) is 4.98. The van der Waals surface area contributed by atoms with E-state index < -0.39 is 17.7 Å². The Balaban J connectivity index is 1.56. The van der Waals surface area contributed by atoms with E-state index in [0.717, 1.165) is 15.8 Å². The molecule has 0 fully saturated rings. The molecule has 3 aromatic carbocycles. The Hall–Kier alpha value is -4.78. The molecule has 6 rings (SSSR count). The summed E-state index contributed by atoms with van der Waals surface area (Å²) in [6.45, 7) is 1.90. The summed E-state index contributed by atoms with van der Waals surface area (Å²) in [5.41, 5.74) is 3.45. The molecule has 2 aliphatic heterocycles. The molecule has 7 nitrogen and oxygen atoms in total. The van der Waals surface area contributed by atoms with Crippen molar-refractivity contribution in [3.8, 4) is 0 Å². The first-order chi connectivity index (χ1) is 17.6. The molecule has 1 aromatic heterocycles. The number of anilines is 2. The Labute approximate surface area is 207 Å². The number of nitrogens with zero attached hydrogens (tertiary/aromatic N) is 3. The number of hydrazone groups is 1. The van der Waals surface area contributed by atoms with Crippen LogP contribution >= 0.6 is 0 Å². The number of hydrogen-bond acceptors (Lipinski definition) is 4. The number of amides is 3. The van der Waals surface area contributed by atoms with Crippen molar-refractivity contribution < 1.29 is 14.4 Å². The van der Waals surface area contributed by atoms with Crippen molar-refractivity contribution in [1.82, 2.24) is 4.98 Å². The maximum atomic E-state index is 14.0. The number of nitrogens with one attached hydrogen (secondary N) is 1. The lowest BCUT2D eigenvalue weighted by Gasteiger charge is -2.17. The molecular weight excluding hydrogens is 452 g/mol. The third-order valence-corrected chi connectivity index (χ3v) is 6.66. The monoisotopic (exact) mass is 474 g/mol. The van der Waals surface area contributed by atoms with Gasteiger partial charge in [-0.2, -0.15) is 10.1 Å². The Morgan fingerprint density at radius 2 is 1.44 bits per heavy atom. The highest BCUT2D eigenvalue weighted by atomic mass is 16.2. The molecule has 0 radical (unpaired) electrons. The zero-order chi connectivity index (χ0) is 24.8. The van der Waals surface area contributed by atoms with Gasteiger partial charge < -0.3 is 4.98 Å². The van der Waals surface area contributed by atoms with E-state index in [1.807, 2.05) is 55.5 Å². The SMILES string of the molecule is CCC1=NN(c2ccccc2)C(=O)[C@H]1C1=C(c2c[nH]c3ccccc23)C(=O)N(c2ccccc2)C1=O. The molecule has 4 aromatic rings. The second kappa shape index (κ2) is 8.46. The molecular formula is C29H22N4O3. The van der Waals surface area contributed by atoms with E-state index in [0.29, 0.717) is 29.1 Å². The van der Waals surface area contributed by atoms with E-state index in [1.54, 1.807) is 42.6 Å². The number of benzene rings is 3. The van der Waals surface area contributed by atoms with Gasteiger partial charge in [0.1, 0.15) is 5.92 Å². The van der Waals surface area contributed by atoms with Gasteiger partial charge in [0.25, 0.3) is 17.7 Å². The summed E-state index contributed by atoms with van der Waals surface area (Å²) in [4.78, 5) is 46.1. The molecule has 0 saturated carbocycles. The summed E-state index contributed by atoms with van der Waals surface area (Å²) in [7, 11) is 0. The Morgan fingerprint density at radius 3 is 2.14 bits per heavy atom. The van der Waals surface area contributed by atoms with Gasteiger partial charge in [0.15, 0.2) is 0 Å².